The summed E-state index contributed by atoms with van der Waals surface area (Å²) in [4.78, 5) is 36.4. The number of rotatable bonds is 7. The summed E-state index contributed by atoms with van der Waals surface area (Å²) in [6.45, 7) is 4.94. The van der Waals surface area contributed by atoms with Crippen molar-refractivity contribution in [3.63, 3.8) is 0 Å². The van der Waals surface area contributed by atoms with Crippen molar-refractivity contribution < 1.29 is 27.5 Å². The van der Waals surface area contributed by atoms with Crippen molar-refractivity contribution >= 4 is 29.7 Å². The van der Waals surface area contributed by atoms with E-state index in [0.717, 1.165) is 30.5 Å². The molecule has 0 radical (unpaired) electrons. The van der Waals surface area contributed by atoms with E-state index in [4.69, 9.17) is 4.74 Å². The monoisotopic (exact) mass is 585 g/mol. The average molecular weight is 586 g/mol. The lowest BCUT2D eigenvalue weighted by atomic mass is 10.1. The van der Waals surface area contributed by atoms with E-state index in [0.29, 0.717) is 18.7 Å². The Kier molecular flexibility index (Phi) is 9.94. The Hall–Kier alpha value is -4.26. The summed E-state index contributed by atoms with van der Waals surface area (Å²) in [6, 6.07) is 8.07. The topological polar surface area (TPSA) is 104 Å². The van der Waals surface area contributed by atoms with E-state index < -0.39 is 24.7 Å². The van der Waals surface area contributed by atoms with Crippen LogP contribution in [0.15, 0.2) is 71.1 Å². The number of halogens is 3. The predicted molar refractivity (Wildman–Crippen MR) is 154 cm³/mol. The van der Waals surface area contributed by atoms with E-state index in [1.807, 2.05) is 29.8 Å². The number of nitrogens with one attached hydrogen (secondary N) is 1. The van der Waals surface area contributed by atoms with Crippen LogP contribution in [-0.2, 0) is 14.3 Å². The van der Waals surface area contributed by atoms with Crippen molar-refractivity contribution in [2.45, 2.75) is 57.5 Å². The van der Waals surface area contributed by atoms with Gasteiger partial charge in [0.25, 0.3) is 0 Å². The highest BCUT2D eigenvalue weighted by Gasteiger charge is 2.30. The Morgan fingerprint density at radius 1 is 1.26 bits per heavy atom. The van der Waals surface area contributed by atoms with Gasteiger partial charge in [-0.15, -0.1) is 0 Å². The lowest BCUT2D eigenvalue weighted by Gasteiger charge is -2.28. The van der Waals surface area contributed by atoms with Crippen LogP contribution in [0.2, 0.25) is 0 Å². The molecule has 42 heavy (non-hydrogen) atoms. The van der Waals surface area contributed by atoms with Crippen LogP contribution in [0.25, 0.3) is 11.3 Å². The second-order valence-corrected chi connectivity index (χ2v) is 9.89. The van der Waals surface area contributed by atoms with Crippen LogP contribution in [0.3, 0.4) is 0 Å². The maximum atomic E-state index is 13.6. The van der Waals surface area contributed by atoms with Gasteiger partial charge in [-0.25, -0.2) is 14.7 Å². The summed E-state index contributed by atoms with van der Waals surface area (Å²) >= 11 is 0. The molecule has 0 spiro atoms. The average Bonchev–Trinajstić information content (AvgIpc) is 3.48. The first-order valence-corrected chi connectivity index (χ1v) is 13.7. The number of carbonyl (C=O) groups excluding carboxylic acids is 2. The van der Waals surface area contributed by atoms with Gasteiger partial charge in [-0.3, -0.25) is 14.5 Å². The lowest BCUT2D eigenvalue weighted by molar-refractivity contribution is -0.126. The molecule has 0 aliphatic carbocycles. The van der Waals surface area contributed by atoms with E-state index in [-0.39, 0.29) is 30.3 Å². The molecule has 2 unspecified atom stereocenters. The number of hydrogen-bond donors (Lipinski definition) is 1. The van der Waals surface area contributed by atoms with E-state index in [2.05, 4.69) is 27.0 Å². The zero-order valence-electron chi connectivity index (χ0n) is 23.5. The number of alkyl halides is 3. The minimum atomic E-state index is -4.57. The summed E-state index contributed by atoms with van der Waals surface area (Å²) in [5, 5.41) is 7.09. The molecule has 224 valence electrons. The molecule has 1 fully saturated rings. The summed E-state index contributed by atoms with van der Waals surface area (Å²) in [5.41, 5.74) is 2.09. The number of anilines is 1. The largest absolute Gasteiger partial charge is 0.408 e. The van der Waals surface area contributed by atoms with E-state index in [9.17, 15) is 22.8 Å². The number of likely N-dealkylation sites (N-methyl/N-ethyl adjacent to an activating group) is 1. The highest BCUT2D eigenvalue weighted by Crippen LogP contribution is 2.30. The highest BCUT2D eigenvalue weighted by atomic mass is 19.4. The molecule has 4 rings (SSSR count). The molecule has 2 aliphatic rings. The van der Waals surface area contributed by atoms with Gasteiger partial charge >= 0.3 is 6.18 Å². The van der Waals surface area contributed by atoms with E-state index >= 15 is 0 Å². The number of aliphatic imine (C=N–C) groups is 2. The van der Waals surface area contributed by atoms with Crippen LogP contribution < -0.4 is 10.2 Å². The highest BCUT2D eigenvalue weighted by molar-refractivity contribution is 6.03. The molecule has 2 amide bonds. The van der Waals surface area contributed by atoms with Crippen LogP contribution in [0.1, 0.15) is 45.3 Å². The fraction of sp³-hybridized carbons (Fsp3) is 0.414. The molecular formula is C29H34F3N7O3. The molecular weight excluding hydrogens is 551 g/mol. The molecule has 10 nitrogen and oxygen atoms in total. The van der Waals surface area contributed by atoms with E-state index in [1.165, 1.54) is 29.1 Å². The standard InChI is InChI=1S/C29H34F3N7O3/c1-4-5-8-25(40)37(3)23-17-26(41)38(20(2)36-28(33-18-23)34-19-29(30,31)32)22-12-10-21(11-13-22)24-14-15-35-39(24)27-9-6-7-16-42-27/h5,8,10-15,18,23,27H,2,4,6-7,9,16-17,19H2,1,3H3,(H,34,36)/b8-5-,33-18?. The number of nitrogens with zero attached hydrogens (tertiary/aromatic N) is 6. The van der Waals surface area contributed by atoms with Gasteiger partial charge in [0.15, 0.2) is 6.23 Å². The number of benzene rings is 1. The number of aromatic nitrogens is 2. The van der Waals surface area contributed by atoms with Crippen LogP contribution in [0.4, 0.5) is 18.9 Å². The molecule has 1 N–H and O–H groups in total. The predicted octanol–water partition coefficient (Wildman–Crippen LogP) is 4.83. The Morgan fingerprint density at radius 3 is 2.69 bits per heavy atom. The molecule has 13 heteroatoms. The zero-order chi connectivity index (χ0) is 30.3. The van der Waals surface area contributed by atoms with Gasteiger partial charge in [0.2, 0.25) is 17.8 Å². The van der Waals surface area contributed by atoms with Crippen LogP contribution in [0, 0.1) is 0 Å². The van der Waals surface area contributed by atoms with E-state index in [1.54, 1.807) is 24.4 Å². The van der Waals surface area contributed by atoms with Gasteiger partial charge in [-0.2, -0.15) is 18.3 Å². The third-order valence-electron chi connectivity index (χ3n) is 6.80. The minimum Gasteiger partial charge on any atom is -0.356 e. The number of ether oxygens (including phenoxy) is 1. The Labute approximate surface area is 242 Å². The van der Waals surface area contributed by atoms with Gasteiger partial charge in [0, 0.05) is 31.6 Å². The molecule has 2 aliphatic heterocycles. The number of guanidine groups is 1. The first kappa shape index (κ1) is 30.7. The van der Waals surface area contributed by atoms with Gasteiger partial charge in [-0.1, -0.05) is 31.7 Å². The van der Waals surface area contributed by atoms with Gasteiger partial charge in [0.05, 0.1) is 23.8 Å². The zero-order valence-corrected chi connectivity index (χ0v) is 23.5. The molecule has 2 aromatic rings. The summed E-state index contributed by atoms with van der Waals surface area (Å²) in [5.74, 6) is -1.25. The molecule has 1 aromatic heterocycles. The summed E-state index contributed by atoms with van der Waals surface area (Å²) in [7, 11) is 1.50. The fourth-order valence-electron chi connectivity index (χ4n) is 4.60. The molecule has 1 saturated heterocycles. The molecule has 1 aromatic carbocycles. The molecule has 2 atom stereocenters. The van der Waals surface area contributed by atoms with Crippen molar-refractivity contribution in [1.82, 2.24) is 20.0 Å². The SMILES string of the molecule is C=C1NC(=NCC(F)(F)F)N=CC(N(C)C(=O)/C=C\CC)CC(=O)N1c1ccc(-c2ccnn2C2CCCCO2)cc1. The number of carbonyl (C=O) groups is 2. The van der Waals surface area contributed by atoms with Crippen molar-refractivity contribution in [1.29, 1.82) is 0 Å². The summed E-state index contributed by atoms with van der Waals surface area (Å²) in [6.07, 6.45) is 4.61. The Balaban J connectivity index is 1.64. The third-order valence-corrected chi connectivity index (χ3v) is 6.80. The van der Waals surface area contributed by atoms with Crippen molar-refractivity contribution in [3.05, 3.63) is 61.1 Å². The Bertz CT molecular complexity index is 1360. The van der Waals surface area contributed by atoms with Gasteiger partial charge in [-0.05, 0) is 50.0 Å². The lowest BCUT2D eigenvalue weighted by Crippen LogP contribution is -2.42. The quantitative estimate of drug-likeness (QED) is 0.469. The van der Waals surface area contributed by atoms with Crippen molar-refractivity contribution in [2.75, 3.05) is 25.1 Å². The fourth-order valence-corrected chi connectivity index (χ4v) is 4.60. The smallest absolute Gasteiger partial charge is 0.356 e. The van der Waals surface area contributed by atoms with Crippen molar-refractivity contribution in [3.8, 4) is 11.3 Å². The summed E-state index contributed by atoms with van der Waals surface area (Å²) < 4.78 is 46.6. The first-order chi connectivity index (χ1) is 20.1. The number of allylic oxidation sites excluding steroid dienone is 1. The van der Waals surface area contributed by atoms with Crippen LogP contribution >= 0.6 is 0 Å². The second kappa shape index (κ2) is 13.6. The number of amides is 2. The van der Waals surface area contributed by atoms with Crippen LogP contribution in [-0.4, -0.2) is 71.1 Å². The van der Waals surface area contributed by atoms with Crippen molar-refractivity contribution in [2.24, 2.45) is 9.98 Å². The van der Waals surface area contributed by atoms with Crippen LogP contribution in [0.5, 0.6) is 0 Å². The molecule has 3 heterocycles. The third kappa shape index (κ3) is 7.72. The second-order valence-electron chi connectivity index (χ2n) is 9.89. The van der Waals surface area contributed by atoms with Gasteiger partial charge < -0.3 is 15.0 Å². The Morgan fingerprint density at radius 2 is 2.02 bits per heavy atom. The first-order valence-electron chi connectivity index (χ1n) is 13.7. The maximum Gasteiger partial charge on any atom is 0.408 e. The normalized spacial score (nSPS) is 21.3. The number of hydrogen-bond acceptors (Lipinski definition) is 5. The molecule has 0 saturated carbocycles. The van der Waals surface area contributed by atoms with Gasteiger partial charge in [0.1, 0.15) is 12.4 Å². The molecule has 0 bridgehead atoms. The maximum absolute atomic E-state index is 13.6. The minimum absolute atomic E-state index is 0.0352.